The first-order valence-electron chi connectivity index (χ1n) is 8.11. The van der Waals surface area contributed by atoms with Crippen molar-refractivity contribution in [1.82, 2.24) is 15.0 Å². The SMILES string of the molecule is Cc1cc(C(=O)Nc2cccc3cccnc23)nc(NC(C)(C)C)n1. The van der Waals surface area contributed by atoms with E-state index in [1.807, 2.05) is 58.0 Å². The Bertz CT molecular complexity index is 925. The van der Waals surface area contributed by atoms with Crippen molar-refractivity contribution in [3.63, 3.8) is 0 Å². The lowest BCUT2D eigenvalue weighted by atomic mass is 10.1. The lowest BCUT2D eigenvalue weighted by Gasteiger charge is -2.20. The molecule has 1 aromatic carbocycles. The maximum Gasteiger partial charge on any atom is 0.274 e. The minimum absolute atomic E-state index is 0.193. The van der Waals surface area contributed by atoms with E-state index < -0.39 is 0 Å². The third-order valence-corrected chi connectivity index (χ3v) is 3.45. The molecule has 0 aliphatic heterocycles. The molecule has 0 atom stereocenters. The number of anilines is 2. The van der Waals surface area contributed by atoms with E-state index in [1.165, 1.54) is 0 Å². The van der Waals surface area contributed by atoms with Gasteiger partial charge < -0.3 is 10.6 Å². The van der Waals surface area contributed by atoms with Crippen LogP contribution in [-0.4, -0.2) is 26.4 Å². The van der Waals surface area contributed by atoms with Gasteiger partial charge in [-0.2, -0.15) is 0 Å². The maximum atomic E-state index is 12.7. The van der Waals surface area contributed by atoms with Crippen molar-refractivity contribution in [3.8, 4) is 0 Å². The number of pyridine rings is 1. The maximum absolute atomic E-state index is 12.7. The molecule has 6 heteroatoms. The second-order valence-electron chi connectivity index (χ2n) is 6.93. The fourth-order valence-corrected chi connectivity index (χ4v) is 2.47. The van der Waals surface area contributed by atoms with Gasteiger partial charge in [0.25, 0.3) is 5.91 Å². The number of carbonyl (C=O) groups excluding carboxylic acids is 1. The Labute approximate surface area is 146 Å². The van der Waals surface area contributed by atoms with Crippen LogP contribution >= 0.6 is 0 Å². The van der Waals surface area contributed by atoms with Crippen LogP contribution < -0.4 is 10.6 Å². The van der Waals surface area contributed by atoms with Crippen LogP contribution in [0.1, 0.15) is 37.0 Å². The molecule has 0 saturated carbocycles. The summed E-state index contributed by atoms with van der Waals surface area (Å²) >= 11 is 0. The molecule has 0 fully saturated rings. The molecule has 1 amide bonds. The van der Waals surface area contributed by atoms with Gasteiger partial charge in [-0.1, -0.05) is 18.2 Å². The second kappa shape index (κ2) is 6.47. The van der Waals surface area contributed by atoms with Crippen LogP contribution in [0.25, 0.3) is 10.9 Å². The molecule has 0 radical (unpaired) electrons. The largest absolute Gasteiger partial charge is 0.350 e. The van der Waals surface area contributed by atoms with E-state index in [9.17, 15) is 4.79 Å². The van der Waals surface area contributed by atoms with Crippen LogP contribution in [0.15, 0.2) is 42.6 Å². The Morgan fingerprint density at radius 2 is 1.84 bits per heavy atom. The summed E-state index contributed by atoms with van der Waals surface area (Å²) in [5.41, 5.74) is 2.25. The lowest BCUT2D eigenvalue weighted by molar-refractivity contribution is 0.102. The smallest absolute Gasteiger partial charge is 0.274 e. The number of benzene rings is 1. The van der Waals surface area contributed by atoms with Crippen molar-refractivity contribution in [1.29, 1.82) is 0 Å². The van der Waals surface area contributed by atoms with E-state index in [4.69, 9.17) is 0 Å². The number of para-hydroxylation sites is 1. The quantitative estimate of drug-likeness (QED) is 0.761. The van der Waals surface area contributed by atoms with E-state index in [0.717, 1.165) is 16.6 Å². The highest BCUT2D eigenvalue weighted by atomic mass is 16.1. The topological polar surface area (TPSA) is 79.8 Å². The van der Waals surface area contributed by atoms with Crippen molar-refractivity contribution in [3.05, 3.63) is 54.0 Å². The number of nitrogens with one attached hydrogen (secondary N) is 2. The summed E-state index contributed by atoms with van der Waals surface area (Å²) < 4.78 is 0. The van der Waals surface area contributed by atoms with Crippen LogP contribution in [-0.2, 0) is 0 Å². The van der Waals surface area contributed by atoms with Gasteiger partial charge in [0.1, 0.15) is 5.69 Å². The van der Waals surface area contributed by atoms with E-state index in [1.54, 1.807) is 12.3 Å². The number of hydrogen-bond donors (Lipinski definition) is 2. The normalized spacial score (nSPS) is 11.4. The third-order valence-electron chi connectivity index (χ3n) is 3.45. The van der Waals surface area contributed by atoms with Gasteiger partial charge in [-0.25, -0.2) is 9.97 Å². The van der Waals surface area contributed by atoms with Gasteiger partial charge in [0.15, 0.2) is 0 Å². The molecule has 0 saturated heterocycles. The minimum Gasteiger partial charge on any atom is -0.350 e. The molecule has 0 aliphatic rings. The summed E-state index contributed by atoms with van der Waals surface area (Å²) in [5, 5.41) is 7.06. The van der Waals surface area contributed by atoms with Crippen molar-refractivity contribution < 1.29 is 4.79 Å². The van der Waals surface area contributed by atoms with Crippen molar-refractivity contribution in [2.45, 2.75) is 33.2 Å². The predicted molar refractivity (Wildman–Crippen MR) is 99.8 cm³/mol. The lowest BCUT2D eigenvalue weighted by Crippen LogP contribution is -2.28. The number of amides is 1. The fourth-order valence-electron chi connectivity index (χ4n) is 2.47. The zero-order chi connectivity index (χ0) is 18.0. The standard InChI is InChI=1S/C19H21N5O/c1-12-11-15(23-18(21-12)24-19(2,3)4)17(25)22-14-9-5-7-13-8-6-10-20-16(13)14/h5-11H,1-4H3,(H,22,25)(H,21,23,24). The minimum atomic E-state index is -0.291. The van der Waals surface area contributed by atoms with Gasteiger partial charge in [0.2, 0.25) is 5.95 Å². The fraction of sp³-hybridized carbons (Fsp3) is 0.263. The number of rotatable bonds is 3. The molecule has 0 bridgehead atoms. The molecule has 25 heavy (non-hydrogen) atoms. The summed E-state index contributed by atoms with van der Waals surface area (Å²) in [7, 11) is 0. The van der Waals surface area contributed by atoms with Crippen molar-refractivity contribution in [2.24, 2.45) is 0 Å². The summed E-state index contributed by atoms with van der Waals surface area (Å²) in [5.74, 6) is 0.148. The first-order chi connectivity index (χ1) is 11.8. The van der Waals surface area contributed by atoms with Crippen LogP contribution in [0.5, 0.6) is 0 Å². The highest BCUT2D eigenvalue weighted by molar-refractivity contribution is 6.07. The van der Waals surface area contributed by atoms with Gasteiger partial charge in [0, 0.05) is 22.8 Å². The van der Waals surface area contributed by atoms with Crippen LogP contribution in [0.4, 0.5) is 11.6 Å². The number of fused-ring (bicyclic) bond motifs is 1. The zero-order valence-electron chi connectivity index (χ0n) is 14.8. The Hall–Kier alpha value is -3.02. The van der Waals surface area contributed by atoms with Gasteiger partial charge in [0.05, 0.1) is 11.2 Å². The van der Waals surface area contributed by atoms with E-state index in [0.29, 0.717) is 17.3 Å². The number of carbonyl (C=O) groups is 1. The van der Waals surface area contributed by atoms with Crippen molar-refractivity contribution >= 4 is 28.4 Å². The first kappa shape index (κ1) is 16.8. The molecule has 2 aromatic heterocycles. The Morgan fingerprint density at radius 3 is 2.60 bits per heavy atom. The molecule has 0 aliphatic carbocycles. The van der Waals surface area contributed by atoms with E-state index in [2.05, 4.69) is 25.6 Å². The third kappa shape index (κ3) is 4.09. The molecule has 2 heterocycles. The second-order valence-corrected chi connectivity index (χ2v) is 6.93. The van der Waals surface area contributed by atoms with Gasteiger partial charge in [-0.3, -0.25) is 9.78 Å². The summed E-state index contributed by atoms with van der Waals surface area (Å²) in [6.07, 6.45) is 1.71. The summed E-state index contributed by atoms with van der Waals surface area (Å²) in [6.45, 7) is 7.88. The Morgan fingerprint density at radius 1 is 1.08 bits per heavy atom. The number of aromatic nitrogens is 3. The number of hydrogen-bond acceptors (Lipinski definition) is 5. The average molecular weight is 335 g/mol. The van der Waals surface area contributed by atoms with Gasteiger partial charge in [-0.05, 0) is 45.9 Å². The van der Waals surface area contributed by atoms with Crippen LogP contribution in [0.3, 0.4) is 0 Å². The monoisotopic (exact) mass is 335 g/mol. The molecule has 0 spiro atoms. The zero-order valence-corrected chi connectivity index (χ0v) is 14.8. The molecule has 3 aromatic rings. The summed E-state index contributed by atoms with van der Waals surface area (Å²) in [4.78, 5) is 25.7. The highest BCUT2D eigenvalue weighted by Crippen LogP contribution is 2.21. The van der Waals surface area contributed by atoms with Crippen LogP contribution in [0, 0.1) is 6.92 Å². The highest BCUT2D eigenvalue weighted by Gasteiger charge is 2.16. The van der Waals surface area contributed by atoms with Crippen LogP contribution in [0.2, 0.25) is 0 Å². The number of nitrogens with zero attached hydrogens (tertiary/aromatic N) is 3. The molecule has 2 N–H and O–H groups in total. The average Bonchev–Trinajstić information content (AvgIpc) is 2.53. The number of aryl methyl sites for hydroxylation is 1. The molecule has 3 rings (SSSR count). The molecular weight excluding hydrogens is 314 g/mol. The Kier molecular flexibility index (Phi) is 4.35. The molecule has 6 nitrogen and oxygen atoms in total. The molecule has 0 unspecified atom stereocenters. The molecular formula is C19H21N5O. The van der Waals surface area contributed by atoms with E-state index in [-0.39, 0.29) is 11.4 Å². The Balaban J connectivity index is 1.90. The van der Waals surface area contributed by atoms with Gasteiger partial charge in [-0.15, -0.1) is 0 Å². The summed E-state index contributed by atoms with van der Waals surface area (Å²) in [6, 6.07) is 11.2. The van der Waals surface area contributed by atoms with E-state index >= 15 is 0 Å². The first-order valence-corrected chi connectivity index (χ1v) is 8.11. The predicted octanol–water partition coefficient (Wildman–Crippen LogP) is 3.80. The van der Waals surface area contributed by atoms with Gasteiger partial charge >= 0.3 is 0 Å². The molecule has 128 valence electrons. The van der Waals surface area contributed by atoms with Crippen molar-refractivity contribution in [2.75, 3.05) is 10.6 Å².